The lowest BCUT2D eigenvalue weighted by Crippen LogP contribution is -2.54. The molecule has 0 bridgehead atoms. The number of hydrogen-bond donors (Lipinski definition) is 2. The van der Waals surface area contributed by atoms with Gasteiger partial charge in [-0.3, -0.25) is 34.3 Å². The number of nitrogens with two attached hydrogens (primary N) is 1. The summed E-state index contributed by atoms with van der Waals surface area (Å²) in [6.07, 6.45) is 4.97. The van der Waals surface area contributed by atoms with Gasteiger partial charge in [-0.05, 0) is 56.2 Å². The van der Waals surface area contributed by atoms with Crippen LogP contribution < -0.4 is 16.0 Å². The maximum atomic E-state index is 13.1. The molecule has 4 amide bonds. The van der Waals surface area contributed by atoms with Gasteiger partial charge < -0.3 is 10.6 Å². The summed E-state index contributed by atoms with van der Waals surface area (Å²) in [5.41, 5.74) is 7.61. The van der Waals surface area contributed by atoms with Crippen LogP contribution in [0.15, 0.2) is 18.2 Å². The van der Waals surface area contributed by atoms with Crippen LogP contribution in [0.1, 0.15) is 59.2 Å². The van der Waals surface area contributed by atoms with Crippen molar-refractivity contribution in [2.45, 2.75) is 50.6 Å². The molecular formula is C24H31N5O4. The SMILES string of the molecule is NC1CCC(CN2CCN(c3ccc4c(c3)C(=O)N(C3CCC(=O)NC3=O)C4=O)CC2)CC1. The molecule has 3 fully saturated rings. The van der Waals surface area contributed by atoms with Gasteiger partial charge in [-0.15, -0.1) is 0 Å². The van der Waals surface area contributed by atoms with E-state index in [2.05, 4.69) is 15.1 Å². The van der Waals surface area contributed by atoms with Gasteiger partial charge in [0.15, 0.2) is 0 Å². The van der Waals surface area contributed by atoms with E-state index in [0.29, 0.717) is 17.2 Å². The first-order valence-corrected chi connectivity index (χ1v) is 12.0. The molecule has 1 aromatic rings. The second-order valence-electron chi connectivity index (χ2n) is 9.75. The zero-order valence-corrected chi connectivity index (χ0v) is 18.8. The van der Waals surface area contributed by atoms with Crippen molar-refractivity contribution in [2.24, 2.45) is 11.7 Å². The number of carbonyl (C=O) groups is 4. The van der Waals surface area contributed by atoms with Gasteiger partial charge in [0.05, 0.1) is 11.1 Å². The fourth-order valence-electron chi connectivity index (χ4n) is 5.58. The molecule has 5 rings (SSSR count). The van der Waals surface area contributed by atoms with Crippen molar-refractivity contribution >= 4 is 29.3 Å². The highest BCUT2D eigenvalue weighted by Crippen LogP contribution is 2.31. The summed E-state index contributed by atoms with van der Waals surface area (Å²) in [6.45, 7) is 4.79. The standard InChI is InChI=1S/C24H31N5O4/c25-16-3-1-15(2-4-16)14-27-9-11-28(12-10-27)17-5-6-18-19(13-17)24(33)29(23(18)32)20-7-8-21(30)26-22(20)31/h5-6,13,15-16,20H,1-4,7-12,14,25H2,(H,26,30,31). The molecule has 9 heteroatoms. The van der Waals surface area contributed by atoms with E-state index in [4.69, 9.17) is 5.73 Å². The summed E-state index contributed by atoms with van der Waals surface area (Å²) in [5.74, 6) is -1.15. The Morgan fingerprint density at radius 1 is 0.879 bits per heavy atom. The third-order valence-electron chi connectivity index (χ3n) is 7.57. The largest absolute Gasteiger partial charge is 0.369 e. The number of carbonyl (C=O) groups excluding carboxylic acids is 4. The zero-order chi connectivity index (χ0) is 23.1. The third kappa shape index (κ3) is 4.27. The van der Waals surface area contributed by atoms with Gasteiger partial charge >= 0.3 is 0 Å². The van der Waals surface area contributed by atoms with Crippen molar-refractivity contribution in [2.75, 3.05) is 37.6 Å². The summed E-state index contributed by atoms with van der Waals surface area (Å²) in [6, 6.07) is 4.79. The van der Waals surface area contributed by atoms with Crippen LogP contribution in [0.3, 0.4) is 0 Å². The van der Waals surface area contributed by atoms with E-state index >= 15 is 0 Å². The molecule has 1 aliphatic carbocycles. The molecule has 1 unspecified atom stereocenters. The Morgan fingerprint density at radius 3 is 2.27 bits per heavy atom. The molecule has 3 N–H and O–H groups in total. The highest BCUT2D eigenvalue weighted by Gasteiger charge is 2.44. The molecule has 33 heavy (non-hydrogen) atoms. The Morgan fingerprint density at radius 2 is 1.58 bits per heavy atom. The predicted octanol–water partition coefficient (Wildman–Crippen LogP) is 0.727. The molecule has 1 atom stereocenters. The van der Waals surface area contributed by atoms with Crippen LogP contribution in [0.25, 0.3) is 0 Å². The number of hydrogen-bond acceptors (Lipinski definition) is 7. The van der Waals surface area contributed by atoms with Crippen LogP contribution >= 0.6 is 0 Å². The van der Waals surface area contributed by atoms with Crippen LogP contribution in [-0.2, 0) is 9.59 Å². The quantitative estimate of drug-likeness (QED) is 0.646. The number of nitrogens with one attached hydrogen (secondary N) is 1. The van der Waals surface area contributed by atoms with Crippen LogP contribution in [0.5, 0.6) is 0 Å². The van der Waals surface area contributed by atoms with Crippen LogP contribution in [0, 0.1) is 5.92 Å². The van der Waals surface area contributed by atoms with Crippen LogP contribution in [0.4, 0.5) is 5.69 Å². The van der Waals surface area contributed by atoms with E-state index in [-0.39, 0.29) is 18.7 Å². The van der Waals surface area contributed by atoms with Crippen LogP contribution in [-0.4, -0.2) is 78.2 Å². The van der Waals surface area contributed by atoms with E-state index in [0.717, 1.165) is 62.1 Å². The number of nitrogens with zero attached hydrogens (tertiary/aromatic N) is 3. The molecule has 9 nitrogen and oxygen atoms in total. The number of benzene rings is 1. The van der Waals surface area contributed by atoms with Crippen molar-refractivity contribution in [3.8, 4) is 0 Å². The number of anilines is 1. The van der Waals surface area contributed by atoms with Crippen molar-refractivity contribution in [3.05, 3.63) is 29.3 Å². The number of imide groups is 2. The molecule has 4 aliphatic rings. The highest BCUT2D eigenvalue weighted by atomic mass is 16.2. The Labute approximate surface area is 193 Å². The number of fused-ring (bicyclic) bond motifs is 1. The summed E-state index contributed by atoms with van der Waals surface area (Å²) >= 11 is 0. The molecule has 1 aromatic carbocycles. The smallest absolute Gasteiger partial charge is 0.262 e. The zero-order valence-electron chi connectivity index (χ0n) is 18.8. The minimum Gasteiger partial charge on any atom is -0.369 e. The number of rotatable bonds is 4. The van der Waals surface area contributed by atoms with Gasteiger partial charge in [-0.2, -0.15) is 0 Å². The third-order valence-corrected chi connectivity index (χ3v) is 7.57. The fraction of sp³-hybridized carbons (Fsp3) is 0.583. The lowest BCUT2D eigenvalue weighted by molar-refractivity contribution is -0.136. The average Bonchev–Trinajstić information content (AvgIpc) is 3.06. The molecule has 3 aliphatic heterocycles. The second kappa shape index (κ2) is 8.87. The first-order chi connectivity index (χ1) is 15.9. The second-order valence-corrected chi connectivity index (χ2v) is 9.75. The predicted molar refractivity (Wildman–Crippen MR) is 122 cm³/mol. The monoisotopic (exact) mass is 453 g/mol. The first kappa shape index (κ1) is 22.0. The van der Waals surface area contributed by atoms with E-state index in [9.17, 15) is 19.2 Å². The Balaban J connectivity index is 1.23. The summed E-state index contributed by atoms with van der Waals surface area (Å²) in [5, 5.41) is 2.23. The molecule has 2 saturated heterocycles. The van der Waals surface area contributed by atoms with Crippen molar-refractivity contribution in [3.63, 3.8) is 0 Å². The molecule has 1 saturated carbocycles. The number of piperidine rings is 1. The summed E-state index contributed by atoms with van der Waals surface area (Å²) in [7, 11) is 0. The normalized spacial score (nSPS) is 28.8. The first-order valence-electron chi connectivity index (χ1n) is 12.0. The summed E-state index contributed by atoms with van der Waals surface area (Å²) in [4.78, 5) is 55.4. The maximum Gasteiger partial charge on any atom is 0.262 e. The summed E-state index contributed by atoms with van der Waals surface area (Å²) < 4.78 is 0. The minimum atomic E-state index is -0.934. The Hall–Kier alpha value is -2.78. The molecule has 0 spiro atoms. The van der Waals surface area contributed by atoms with Gasteiger partial charge in [0.1, 0.15) is 6.04 Å². The van der Waals surface area contributed by atoms with E-state index in [1.54, 1.807) is 12.1 Å². The minimum absolute atomic E-state index is 0.118. The van der Waals surface area contributed by atoms with E-state index < -0.39 is 23.8 Å². The maximum absolute atomic E-state index is 13.1. The fourth-order valence-corrected chi connectivity index (χ4v) is 5.58. The Kier molecular flexibility index (Phi) is 5.92. The number of piperazine rings is 1. The topological polar surface area (TPSA) is 116 Å². The van der Waals surface area contributed by atoms with Gasteiger partial charge in [-0.1, -0.05) is 0 Å². The van der Waals surface area contributed by atoms with Gasteiger partial charge in [0, 0.05) is 50.9 Å². The average molecular weight is 454 g/mol. The van der Waals surface area contributed by atoms with Gasteiger partial charge in [0.25, 0.3) is 11.8 Å². The lowest BCUT2D eigenvalue weighted by atomic mass is 9.86. The highest BCUT2D eigenvalue weighted by molar-refractivity contribution is 6.23. The molecule has 3 heterocycles. The van der Waals surface area contributed by atoms with E-state index in [1.807, 2.05) is 6.07 Å². The molecular weight excluding hydrogens is 422 g/mol. The van der Waals surface area contributed by atoms with Crippen molar-refractivity contribution < 1.29 is 19.2 Å². The van der Waals surface area contributed by atoms with Crippen LogP contribution in [0.2, 0.25) is 0 Å². The molecule has 0 aromatic heterocycles. The van der Waals surface area contributed by atoms with E-state index in [1.165, 1.54) is 12.8 Å². The van der Waals surface area contributed by atoms with Gasteiger partial charge in [-0.25, -0.2) is 0 Å². The Bertz CT molecular complexity index is 979. The molecule has 0 radical (unpaired) electrons. The molecule has 176 valence electrons. The lowest BCUT2D eigenvalue weighted by Gasteiger charge is -2.38. The van der Waals surface area contributed by atoms with Gasteiger partial charge in [0.2, 0.25) is 11.8 Å². The van der Waals surface area contributed by atoms with Crippen molar-refractivity contribution in [1.29, 1.82) is 0 Å². The number of amides is 4. The van der Waals surface area contributed by atoms with Crippen molar-refractivity contribution in [1.82, 2.24) is 15.1 Å².